The zero-order valence-electron chi connectivity index (χ0n) is 11.2. The summed E-state index contributed by atoms with van der Waals surface area (Å²) in [6, 6.07) is 9.52. The van der Waals surface area contributed by atoms with Gasteiger partial charge in [-0.05, 0) is 29.8 Å². The number of benzene rings is 1. The van der Waals surface area contributed by atoms with E-state index in [0.29, 0.717) is 17.8 Å². The van der Waals surface area contributed by atoms with Gasteiger partial charge in [-0.15, -0.1) is 0 Å². The molecular formula is C15H16FN3O. The van der Waals surface area contributed by atoms with E-state index in [1.54, 1.807) is 37.5 Å². The summed E-state index contributed by atoms with van der Waals surface area (Å²) < 4.78 is 13.1. The van der Waals surface area contributed by atoms with E-state index in [-0.39, 0.29) is 18.3 Å². The molecule has 0 radical (unpaired) electrons. The number of nitrogens with zero attached hydrogens (tertiary/aromatic N) is 2. The molecule has 0 atom stereocenters. The Kier molecular flexibility index (Phi) is 4.42. The summed E-state index contributed by atoms with van der Waals surface area (Å²) in [5, 5.41) is 0. The van der Waals surface area contributed by atoms with Gasteiger partial charge in [-0.25, -0.2) is 4.39 Å². The second-order valence-corrected chi connectivity index (χ2v) is 4.53. The Bertz CT molecular complexity index is 616. The molecule has 0 unspecified atom stereocenters. The van der Waals surface area contributed by atoms with Crippen molar-refractivity contribution in [1.29, 1.82) is 0 Å². The number of halogens is 1. The topological polar surface area (TPSA) is 59.2 Å². The van der Waals surface area contributed by atoms with Crippen LogP contribution < -0.4 is 5.73 Å². The summed E-state index contributed by atoms with van der Waals surface area (Å²) in [6.45, 7) is 0.631. The van der Waals surface area contributed by atoms with E-state index >= 15 is 0 Å². The monoisotopic (exact) mass is 273 g/mol. The predicted octanol–water partition coefficient (Wildman–Crippen LogP) is 1.95. The van der Waals surface area contributed by atoms with Gasteiger partial charge in [0.25, 0.3) is 5.91 Å². The second-order valence-electron chi connectivity index (χ2n) is 4.53. The van der Waals surface area contributed by atoms with Crippen LogP contribution in [0.1, 0.15) is 21.6 Å². The van der Waals surface area contributed by atoms with Crippen LogP contribution in [0.5, 0.6) is 0 Å². The number of hydrogen-bond acceptors (Lipinski definition) is 3. The third kappa shape index (κ3) is 3.39. The molecule has 0 aliphatic carbocycles. The SMILES string of the molecule is CN(Cc1cccc(F)c1)C(=O)c1ccnc(CN)c1. The van der Waals surface area contributed by atoms with Crippen molar-refractivity contribution < 1.29 is 9.18 Å². The van der Waals surface area contributed by atoms with Gasteiger partial charge in [-0.3, -0.25) is 9.78 Å². The summed E-state index contributed by atoms with van der Waals surface area (Å²) in [7, 11) is 1.68. The van der Waals surface area contributed by atoms with E-state index in [1.807, 2.05) is 0 Å². The Balaban J connectivity index is 2.12. The third-order valence-corrected chi connectivity index (χ3v) is 2.93. The Morgan fingerprint density at radius 1 is 1.35 bits per heavy atom. The maximum Gasteiger partial charge on any atom is 0.254 e. The number of rotatable bonds is 4. The minimum atomic E-state index is -0.308. The van der Waals surface area contributed by atoms with Crippen LogP contribution in [-0.4, -0.2) is 22.8 Å². The van der Waals surface area contributed by atoms with E-state index in [2.05, 4.69) is 4.98 Å². The zero-order valence-corrected chi connectivity index (χ0v) is 11.2. The van der Waals surface area contributed by atoms with Crippen molar-refractivity contribution in [3.05, 3.63) is 65.2 Å². The van der Waals surface area contributed by atoms with Crippen LogP contribution in [0.2, 0.25) is 0 Å². The van der Waals surface area contributed by atoms with Crippen molar-refractivity contribution in [1.82, 2.24) is 9.88 Å². The van der Waals surface area contributed by atoms with Gasteiger partial charge >= 0.3 is 0 Å². The normalized spacial score (nSPS) is 10.3. The number of carbonyl (C=O) groups is 1. The highest BCUT2D eigenvalue weighted by atomic mass is 19.1. The van der Waals surface area contributed by atoms with Gasteiger partial charge in [0.2, 0.25) is 0 Å². The molecule has 0 bridgehead atoms. The first-order chi connectivity index (χ1) is 9.60. The van der Waals surface area contributed by atoms with Crippen LogP contribution in [0, 0.1) is 5.82 Å². The van der Waals surface area contributed by atoms with E-state index in [9.17, 15) is 9.18 Å². The fraction of sp³-hybridized carbons (Fsp3) is 0.200. The predicted molar refractivity (Wildman–Crippen MR) is 74.3 cm³/mol. The molecule has 2 N–H and O–H groups in total. The largest absolute Gasteiger partial charge is 0.337 e. The molecule has 0 spiro atoms. The van der Waals surface area contributed by atoms with Crippen molar-refractivity contribution in [2.75, 3.05) is 7.05 Å². The molecule has 0 saturated heterocycles. The Morgan fingerprint density at radius 3 is 2.85 bits per heavy atom. The number of amides is 1. The fourth-order valence-corrected chi connectivity index (χ4v) is 1.92. The van der Waals surface area contributed by atoms with Gasteiger partial charge in [0, 0.05) is 31.9 Å². The van der Waals surface area contributed by atoms with Gasteiger partial charge in [0.1, 0.15) is 5.82 Å². The summed E-state index contributed by atoms with van der Waals surface area (Å²) in [5.41, 5.74) is 7.44. The third-order valence-electron chi connectivity index (χ3n) is 2.93. The molecule has 1 aromatic heterocycles. The highest BCUT2D eigenvalue weighted by molar-refractivity contribution is 5.94. The average Bonchev–Trinajstić information content (AvgIpc) is 2.46. The minimum Gasteiger partial charge on any atom is -0.337 e. The number of pyridine rings is 1. The highest BCUT2D eigenvalue weighted by Crippen LogP contribution is 2.10. The Hall–Kier alpha value is -2.27. The standard InChI is InChI=1S/C15H16FN3O/c1-19(10-11-3-2-4-13(16)7-11)15(20)12-5-6-18-14(8-12)9-17/h2-8H,9-10,17H2,1H3. The lowest BCUT2D eigenvalue weighted by Gasteiger charge is -2.17. The molecule has 1 heterocycles. The molecule has 104 valence electrons. The molecule has 20 heavy (non-hydrogen) atoms. The quantitative estimate of drug-likeness (QED) is 0.926. The first kappa shape index (κ1) is 14.1. The van der Waals surface area contributed by atoms with Crippen LogP contribution in [0.4, 0.5) is 4.39 Å². The highest BCUT2D eigenvalue weighted by Gasteiger charge is 2.12. The molecule has 0 fully saturated rings. The van der Waals surface area contributed by atoms with E-state index < -0.39 is 0 Å². The number of nitrogens with two attached hydrogens (primary N) is 1. The van der Waals surface area contributed by atoms with Gasteiger partial charge in [-0.1, -0.05) is 12.1 Å². The van der Waals surface area contributed by atoms with Crippen LogP contribution >= 0.6 is 0 Å². The van der Waals surface area contributed by atoms with Crippen molar-refractivity contribution in [2.24, 2.45) is 5.73 Å². The smallest absolute Gasteiger partial charge is 0.254 e. The van der Waals surface area contributed by atoms with Crippen LogP contribution in [0.15, 0.2) is 42.6 Å². The maximum absolute atomic E-state index is 13.1. The molecular weight excluding hydrogens is 257 g/mol. The molecule has 0 aliphatic heterocycles. The summed E-state index contributed by atoms with van der Waals surface area (Å²) in [5.74, 6) is -0.455. The van der Waals surface area contributed by atoms with E-state index in [1.165, 1.54) is 17.0 Å². The van der Waals surface area contributed by atoms with Crippen LogP contribution in [-0.2, 0) is 13.1 Å². The molecule has 1 aromatic carbocycles. The summed E-state index contributed by atoms with van der Waals surface area (Å²) >= 11 is 0. The van der Waals surface area contributed by atoms with Gasteiger partial charge in [0.15, 0.2) is 0 Å². The number of carbonyl (C=O) groups excluding carboxylic acids is 1. The Morgan fingerprint density at radius 2 is 2.15 bits per heavy atom. The first-order valence-corrected chi connectivity index (χ1v) is 6.25. The lowest BCUT2D eigenvalue weighted by atomic mass is 10.1. The minimum absolute atomic E-state index is 0.147. The van der Waals surface area contributed by atoms with Crippen molar-refractivity contribution in [3.63, 3.8) is 0 Å². The van der Waals surface area contributed by atoms with Crippen molar-refractivity contribution >= 4 is 5.91 Å². The van der Waals surface area contributed by atoms with Gasteiger partial charge < -0.3 is 10.6 Å². The lowest BCUT2D eigenvalue weighted by Crippen LogP contribution is -2.26. The fourth-order valence-electron chi connectivity index (χ4n) is 1.92. The Labute approximate surface area is 117 Å². The average molecular weight is 273 g/mol. The maximum atomic E-state index is 13.1. The van der Waals surface area contributed by atoms with Crippen LogP contribution in [0.3, 0.4) is 0 Å². The summed E-state index contributed by atoms with van der Waals surface area (Å²) in [6.07, 6.45) is 1.56. The molecule has 2 rings (SSSR count). The molecule has 2 aromatic rings. The summed E-state index contributed by atoms with van der Waals surface area (Å²) in [4.78, 5) is 17.8. The van der Waals surface area contributed by atoms with Gasteiger partial charge in [0.05, 0.1) is 5.69 Å². The lowest BCUT2D eigenvalue weighted by molar-refractivity contribution is 0.0784. The van der Waals surface area contributed by atoms with Crippen molar-refractivity contribution in [3.8, 4) is 0 Å². The number of hydrogen-bond donors (Lipinski definition) is 1. The van der Waals surface area contributed by atoms with Crippen LogP contribution in [0.25, 0.3) is 0 Å². The molecule has 5 heteroatoms. The second kappa shape index (κ2) is 6.25. The molecule has 0 aliphatic rings. The molecule has 4 nitrogen and oxygen atoms in total. The molecule has 0 saturated carbocycles. The first-order valence-electron chi connectivity index (χ1n) is 6.25. The zero-order chi connectivity index (χ0) is 14.5. The van der Waals surface area contributed by atoms with E-state index in [4.69, 9.17) is 5.73 Å². The number of aromatic nitrogens is 1. The van der Waals surface area contributed by atoms with Crippen molar-refractivity contribution in [2.45, 2.75) is 13.1 Å². The van der Waals surface area contributed by atoms with Gasteiger partial charge in [-0.2, -0.15) is 0 Å². The van der Waals surface area contributed by atoms with E-state index in [0.717, 1.165) is 5.56 Å². The molecule has 1 amide bonds.